The maximum Gasteiger partial charge on any atom is 0.139 e. The number of alkyl halides is 1. The van der Waals surface area contributed by atoms with Crippen molar-refractivity contribution in [3.05, 3.63) is 0 Å². The molecule has 0 radical (unpaired) electrons. The second kappa shape index (κ2) is 2.34. The molecule has 2 heteroatoms. The molecule has 0 aromatic heterocycles. The molecule has 68 valence electrons. The summed E-state index contributed by atoms with van der Waals surface area (Å²) >= 11 is 3.56. The van der Waals surface area contributed by atoms with Crippen LogP contribution in [0.3, 0.4) is 0 Å². The first-order valence-corrected chi connectivity index (χ1v) is 5.76. The number of rotatable bonds is 1. The van der Waals surface area contributed by atoms with Crippen molar-refractivity contribution in [2.24, 2.45) is 16.7 Å². The molecule has 1 unspecified atom stereocenters. The third-order valence-corrected chi connectivity index (χ3v) is 5.64. The van der Waals surface area contributed by atoms with Gasteiger partial charge in [0.25, 0.3) is 0 Å². The van der Waals surface area contributed by atoms with Crippen LogP contribution in [0.4, 0.5) is 0 Å². The van der Waals surface area contributed by atoms with E-state index in [9.17, 15) is 4.79 Å². The monoisotopic (exact) mass is 230 g/mol. The Labute approximate surface area is 82.0 Å². The van der Waals surface area contributed by atoms with Gasteiger partial charge in [-0.1, -0.05) is 29.8 Å². The molecule has 0 aromatic carbocycles. The van der Waals surface area contributed by atoms with Crippen LogP contribution in [0.2, 0.25) is 0 Å². The lowest BCUT2D eigenvalue weighted by Gasteiger charge is -2.34. The molecule has 3 atom stereocenters. The van der Waals surface area contributed by atoms with Gasteiger partial charge in [-0.3, -0.25) is 4.79 Å². The highest BCUT2D eigenvalue weighted by atomic mass is 79.9. The second-order valence-corrected chi connectivity index (χ2v) is 5.31. The van der Waals surface area contributed by atoms with Crippen LogP contribution in [0, 0.1) is 16.7 Å². The number of ketones is 1. The Kier molecular flexibility index (Phi) is 1.70. The van der Waals surface area contributed by atoms with Gasteiger partial charge in [0.1, 0.15) is 5.78 Å². The summed E-state index contributed by atoms with van der Waals surface area (Å²) < 4.78 is 0. The van der Waals surface area contributed by atoms with E-state index in [4.69, 9.17) is 0 Å². The molecular formula is C10H15BrO. The smallest absolute Gasteiger partial charge is 0.139 e. The molecule has 2 rings (SSSR count). The Hall–Kier alpha value is 0.150. The first kappa shape index (κ1) is 8.74. The van der Waals surface area contributed by atoms with E-state index in [-0.39, 0.29) is 10.8 Å². The number of Topliss-reactive ketones (excluding diaryl/α,β-unsaturated/α-hetero) is 1. The van der Waals surface area contributed by atoms with Crippen molar-refractivity contribution in [2.45, 2.75) is 33.1 Å². The standard InChI is InChI=1S/C10H15BrO/c1-9-4-3-7(5-8(9)12)10(9,2)6-11/h7H,3-6H2,1-2H3/t7-,9+,10?/m1/s1. The summed E-state index contributed by atoms with van der Waals surface area (Å²) in [6, 6.07) is 0. The lowest BCUT2D eigenvalue weighted by Crippen LogP contribution is -2.36. The van der Waals surface area contributed by atoms with Crippen LogP contribution in [0.25, 0.3) is 0 Å². The average Bonchev–Trinajstić information content (AvgIpc) is 2.39. The molecule has 12 heavy (non-hydrogen) atoms. The number of fused-ring (bicyclic) bond motifs is 2. The molecule has 2 saturated carbocycles. The van der Waals surface area contributed by atoms with Crippen molar-refractivity contribution in [3.63, 3.8) is 0 Å². The Morgan fingerprint density at radius 2 is 2.25 bits per heavy atom. The summed E-state index contributed by atoms with van der Waals surface area (Å²) in [4.78, 5) is 11.7. The van der Waals surface area contributed by atoms with E-state index in [1.165, 1.54) is 6.42 Å². The fourth-order valence-corrected chi connectivity index (χ4v) is 4.09. The van der Waals surface area contributed by atoms with Crippen LogP contribution in [0.15, 0.2) is 0 Å². The molecule has 0 amide bonds. The van der Waals surface area contributed by atoms with Crippen molar-refractivity contribution >= 4 is 21.7 Å². The minimum atomic E-state index is -0.0127. The Bertz CT molecular complexity index is 238. The number of hydrogen-bond donors (Lipinski definition) is 0. The van der Waals surface area contributed by atoms with Gasteiger partial charge in [0.2, 0.25) is 0 Å². The Morgan fingerprint density at radius 1 is 1.58 bits per heavy atom. The Morgan fingerprint density at radius 3 is 2.50 bits per heavy atom. The van der Waals surface area contributed by atoms with E-state index in [1.807, 2.05) is 0 Å². The van der Waals surface area contributed by atoms with E-state index in [0.29, 0.717) is 11.7 Å². The molecule has 1 nitrogen and oxygen atoms in total. The fraction of sp³-hybridized carbons (Fsp3) is 0.900. The van der Waals surface area contributed by atoms with E-state index in [1.54, 1.807) is 0 Å². The fourth-order valence-electron chi connectivity index (χ4n) is 3.01. The molecule has 2 fully saturated rings. The lowest BCUT2D eigenvalue weighted by molar-refractivity contribution is -0.128. The second-order valence-electron chi connectivity index (χ2n) is 4.75. The summed E-state index contributed by atoms with van der Waals surface area (Å²) in [6.07, 6.45) is 3.20. The highest BCUT2D eigenvalue weighted by Crippen LogP contribution is 2.64. The van der Waals surface area contributed by atoms with Gasteiger partial charge < -0.3 is 0 Å². The third-order valence-electron chi connectivity index (χ3n) is 4.48. The topological polar surface area (TPSA) is 17.1 Å². The quantitative estimate of drug-likeness (QED) is 0.634. The molecule has 0 heterocycles. The van der Waals surface area contributed by atoms with Crippen molar-refractivity contribution in [1.29, 1.82) is 0 Å². The summed E-state index contributed by atoms with van der Waals surface area (Å²) in [7, 11) is 0. The summed E-state index contributed by atoms with van der Waals surface area (Å²) in [5, 5.41) is 0.979. The molecule has 2 aliphatic rings. The summed E-state index contributed by atoms with van der Waals surface area (Å²) in [5.74, 6) is 1.15. The zero-order valence-corrected chi connectivity index (χ0v) is 9.28. The van der Waals surface area contributed by atoms with Gasteiger partial charge in [-0.05, 0) is 24.2 Å². The van der Waals surface area contributed by atoms with Crippen LogP contribution < -0.4 is 0 Å². The zero-order valence-electron chi connectivity index (χ0n) is 7.69. The predicted octanol–water partition coefficient (Wildman–Crippen LogP) is 2.78. The average molecular weight is 231 g/mol. The van der Waals surface area contributed by atoms with Crippen molar-refractivity contribution in [2.75, 3.05) is 5.33 Å². The number of halogens is 1. The third kappa shape index (κ3) is 0.729. The normalized spacial score (nSPS) is 51.9. The highest BCUT2D eigenvalue weighted by Gasteiger charge is 2.63. The summed E-state index contributed by atoms with van der Waals surface area (Å²) in [5.41, 5.74) is 0.227. The van der Waals surface area contributed by atoms with E-state index >= 15 is 0 Å². The van der Waals surface area contributed by atoms with Crippen LogP contribution in [0.1, 0.15) is 33.1 Å². The molecule has 0 N–H and O–H groups in total. The lowest BCUT2D eigenvalue weighted by atomic mass is 9.70. The van der Waals surface area contributed by atoms with Crippen LogP contribution in [-0.4, -0.2) is 11.1 Å². The van der Waals surface area contributed by atoms with Gasteiger partial charge in [0, 0.05) is 17.2 Å². The molecule has 0 aliphatic heterocycles. The predicted molar refractivity (Wildman–Crippen MR) is 52.4 cm³/mol. The van der Waals surface area contributed by atoms with Gasteiger partial charge in [-0.2, -0.15) is 0 Å². The van der Waals surface area contributed by atoms with Crippen molar-refractivity contribution in [1.82, 2.24) is 0 Å². The Balaban J connectivity index is 2.44. The largest absolute Gasteiger partial charge is 0.299 e. The first-order chi connectivity index (χ1) is 5.54. The molecule has 0 saturated heterocycles. The SMILES string of the molecule is CC1(CBr)[C@@H]2CC[C@@]1(C)C(=O)C2. The van der Waals surface area contributed by atoms with Gasteiger partial charge in [0.15, 0.2) is 0 Å². The van der Waals surface area contributed by atoms with Gasteiger partial charge in [-0.15, -0.1) is 0 Å². The molecular weight excluding hydrogens is 216 g/mol. The van der Waals surface area contributed by atoms with Crippen LogP contribution >= 0.6 is 15.9 Å². The molecule has 0 aromatic rings. The van der Waals surface area contributed by atoms with E-state index < -0.39 is 0 Å². The first-order valence-electron chi connectivity index (χ1n) is 4.64. The molecule has 0 spiro atoms. The zero-order chi connectivity index (χ0) is 8.98. The maximum atomic E-state index is 11.7. The van der Waals surface area contributed by atoms with E-state index in [0.717, 1.165) is 18.2 Å². The molecule has 2 aliphatic carbocycles. The summed E-state index contributed by atoms with van der Waals surface area (Å²) in [6.45, 7) is 4.42. The maximum absolute atomic E-state index is 11.7. The van der Waals surface area contributed by atoms with Gasteiger partial charge >= 0.3 is 0 Å². The minimum absolute atomic E-state index is 0.0127. The number of carbonyl (C=O) groups is 1. The number of carbonyl (C=O) groups excluding carboxylic acids is 1. The number of hydrogen-bond acceptors (Lipinski definition) is 1. The van der Waals surface area contributed by atoms with Crippen LogP contribution in [-0.2, 0) is 4.79 Å². The van der Waals surface area contributed by atoms with Crippen molar-refractivity contribution < 1.29 is 4.79 Å². The van der Waals surface area contributed by atoms with E-state index in [2.05, 4.69) is 29.8 Å². The minimum Gasteiger partial charge on any atom is -0.299 e. The van der Waals surface area contributed by atoms with Gasteiger partial charge in [0.05, 0.1) is 0 Å². The molecule has 2 bridgehead atoms. The van der Waals surface area contributed by atoms with Gasteiger partial charge in [-0.25, -0.2) is 0 Å². The highest BCUT2D eigenvalue weighted by molar-refractivity contribution is 9.09. The van der Waals surface area contributed by atoms with Crippen molar-refractivity contribution in [3.8, 4) is 0 Å². The van der Waals surface area contributed by atoms with Crippen LogP contribution in [0.5, 0.6) is 0 Å².